The van der Waals surface area contributed by atoms with Gasteiger partial charge in [0.25, 0.3) is 0 Å². The van der Waals surface area contributed by atoms with Gasteiger partial charge in [0.2, 0.25) is 0 Å². The Morgan fingerprint density at radius 1 is 0.366 bits per heavy atom. The zero-order valence-corrected chi connectivity index (χ0v) is 23.2. The van der Waals surface area contributed by atoms with Gasteiger partial charge in [0.1, 0.15) is 0 Å². The SMILES string of the molecule is CC1(C)c2ccccc2-c2cc3ccc(-c4ccc5ccc6c(-c7ccccc7)ccc7ccc4c5c76)cc3cc21. The van der Waals surface area contributed by atoms with Gasteiger partial charge in [-0.25, -0.2) is 0 Å². The first-order valence-electron chi connectivity index (χ1n) is 14.5. The fourth-order valence-electron chi connectivity index (χ4n) is 7.54. The summed E-state index contributed by atoms with van der Waals surface area (Å²) in [6.45, 7) is 4.72. The van der Waals surface area contributed by atoms with Crippen LogP contribution in [0.3, 0.4) is 0 Å². The van der Waals surface area contributed by atoms with E-state index >= 15 is 0 Å². The van der Waals surface area contributed by atoms with Crippen LogP contribution in [0.5, 0.6) is 0 Å². The molecule has 0 heterocycles. The first kappa shape index (κ1) is 22.8. The van der Waals surface area contributed by atoms with Gasteiger partial charge in [-0.3, -0.25) is 0 Å². The van der Waals surface area contributed by atoms with Crippen molar-refractivity contribution in [1.82, 2.24) is 0 Å². The van der Waals surface area contributed by atoms with E-state index < -0.39 is 0 Å². The number of benzene rings is 8. The molecule has 0 fully saturated rings. The molecule has 0 radical (unpaired) electrons. The molecule has 0 heteroatoms. The third-order valence-corrected chi connectivity index (χ3v) is 9.60. The molecule has 1 aliphatic rings. The molecule has 0 amide bonds. The van der Waals surface area contributed by atoms with Crippen molar-refractivity contribution in [3.8, 4) is 33.4 Å². The molecular formula is C41H28. The number of hydrogen-bond donors (Lipinski definition) is 0. The van der Waals surface area contributed by atoms with Crippen LogP contribution in [-0.2, 0) is 5.41 Å². The Morgan fingerprint density at radius 2 is 0.976 bits per heavy atom. The van der Waals surface area contributed by atoms with E-state index in [4.69, 9.17) is 0 Å². The molecule has 8 aromatic rings. The molecule has 0 saturated carbocycles. The summed E-state index contributed by atoms with van der Waals surface area (Å²) in [6.07, 6.45) is 0. The summed E-state index contributed by atoms with van der Waals surface area (Å²) in [6, 6.07) is 49.9. The second-order valence-electron chi connectivity index (χ2n) is 12.1. The number of rotatable bonds is 2. The molecule has 0 N–H and O–H groups in total. The fraction of sp³-hybridized carbons (Fsp3) is 0.0732. The maximum Gasteiger partial charge on any atom is 0.0159 e. The molecule has 0 aromatic heterocycles. The number of fused-ring (bicyclic) bond motifs is 4. The summed E-state index contributed by atoms with van der Waals surface area (Å²) in [7, 11) is 0. The van der Waals surface area contributed by atoms with Gasteiger partial charge in [0, 0.05) is 5.41 Å². The van der Waals surface area contributed by atoms with Crippen molar-refractivity contribution < 1.29 is 0 Å². The lowest BCUT2D eigenvalue weighted by atomic mass is 9.81. The molecule has 8 aromatic carbocycles. The van der Waals surface area contributed by atoms with Gasteiger partial charge in [-0.15, -0.1) is 0 Å². The molecule has 0 atom stereocenters. The van der Waals surface area contributed by atoms with E-state index in [2.05, 4.69) is 147 Å². The standard InChI is InChI=1S/C41H28/c1-41(2)37-11-7-6-10-33(37)36-23-28-12-13-29(22-30(28)24-38(36)41)32-19-15-27-16-20-34-31(25-8-4-3-5-9-25)18-14-26-17-21-35(32)40(27)39(26)34/h3-24H,1-2H3. The summed E-state index contributed by atoms with van der Waals surface area (Å²) in [4.78, 5) is 0. The Bertz CT molecular complexity index is 2320. The highest BCUT2D eigenvalue weighted by atomic mass is 14.4. The van der Waals surface area contributed by atoms with Gasteiger partial charge in [0.05, 0.1) is 0 Å². The van der Waals surface area contributed by atoms with Crippen LogP contribution in [-0.4, -0.2) is 0 Å². The van der Waals surface area contributed by atoms with Crippen LogP contribution >= 0.6 is 0 Å². The lowest BCUT2D eigenvalue weighted by molar-refractivity contribution is 0.661. The van der Waals surface area contributed by atoms with Gasteiger partial charge >= 0.3 is 0 Å². The molecular weight excluding hydrogens is 492 g/mol. The average Bonchev–Trinajstić information content (AvgIpc) is 3.24. The Hall–Kier alpha value is -4.94. The Balaban J connectivity index is 1.27. The van der Waals surface area contributed by atoms with Gasteiger partial charge in [-0.2, -0.15) is 0 Å². The predicted octanol–water partition coefficient (Wildman–Crippen LogP) is 11.4. The minimum absolute atomic E-state index is 0.000416. The maximum absolute atomic E-state index is 2.44. The van der Waals surface area contributed by atoms with E-state index in [1.807, 2.05) is 0 Å². The second-order valence-corrected chi connectivity index (χ2v) is 12.1. The lowest BCUT2D eigenvalue weighted by Crippen LogP contribution is -2.14. The highest BCUT2D eigenvalue weighted by molar-refractivity contribution is 6.27. The summed E-state index contributed by atoms with van der Waals surface area (Å²) in [5.41, 5.74) is 10.7. The van der Waals surface area contributed by atoms with E-state index in [1.165, 1.54) is 87.6 Å². The van der Waals surface area contributed by atoms with E-state index in [-0.39, 0.29) is 5.41 Å². The fourth-order valence-corrected chi connectivity index (χ4v) is 7.54. The van der Waals surface area contributed by atoms with E-state index in [0.29, 0.717) is 0 Å². The molecule has 0 unspecified atom stereocenters. The zero-order chi connectivity index (χ0) is 27.3. The Morgan fingerprint density at radius 3 is 1.71 bits per heavy atom. The zero-order valence-electron chi connectivity index (χ0n) is 23.2. The van der Waals surface area contributed by atoms with Crippen LogP contribution < -0.4 is 0 Å². The molecule has 0 nitrogen and oxygen atoms in total. The summed E-state index contributed by atoms with van der Waals surface area (Å²) >= 11 is 0. The first-order chi connectivity index (χ1) is 20.1. The van der Waals surface area contributed by atoms with Crippen molar-refractivity contribution in [3.05, 3.63) is 145 Å². The normalized spacial score (nSPS) is 13.8. The molecule has 9 rings (SSSR count). The topological polar surface area (TPSA) is 0 Å². The molecule has 192 valence electrons. The molecule has 0 aliphatic heterocycles. The summed E-state index contributed by atoms with van der Waals surface area (Å²) < 4.78 is 0. The quantitative estimate of drug-likeness (QED) is 0.199. The summed E-state index contributed by atoms with van der Waals surface area (Å²) in [5, 5.41) is 10.6. The first-order valence-corrected chi connectivity index (χ1v) is 14.5. The van der Waals surface area contributed by atoms with Gasteiger partial charge < -0.3 is 0 Å². The highest BCUT2D eigenvalue weighted by Gasteiger charge is 2.35. The third kappa shape index (κ3) is 3.11. The Labute approximate surface area is 239 Å². The van der Waals surface area contributed by atoms with Crippen LogP contribution in [0.2, 0.25) is 0 Å². The Kier molecular flexibility index (Phi) is 4.49. The van der Waals surface area contributed by atoms with Crippen LogP contribution in [0, 0.1) is 0 Å². The van der Waals surface area contributed by atoms with Crippen molar-refractivity contribution >= 4 is 43.1 Å². The average molecular weight is 521 g/mol. The minimum atomic E-state index is -0.000416. The van der Waals surface area contributed by atoms with Crippen LogP contribution in [0.1, 0.15) is 25.0 Å². The molecule has 0 bridgehead atoms. The summed E-state index contributed by atoms with van der Waals surface area (Å²) in [5.74, 6) is 0. The van der Waals surface area contributed by atoms with Crippen molar-refractivity contribution in [1.29, 1.82) is 0 Å². The monoisotopic (exact) mass is 520 g/mol. The van der Waals surface area contributed by atoms with E-state index in [0.717, 1.165) is 0 Å². The van der Waals surface area contributed by atoms with E-state index in [1.54, 1.807) is 0 Å². The minimum Gasteiger partial charge on any atom is -0.0622 e. The highest BCUT2D eigenvalue weighted by Crippen LogP contribution is 2.50. The molecule has 1 aliphatic carbocycles. The van der Waals surface area contributed by atoms with Gasteiger partial charge in [-0.05, 0) is 106 Å². The molecule has 0 spiro atoms. The smallest absolute Gasteiger partial charge is 0.0159 e. The van der Waals surface area contributed by atoms with Gasteiger partial charge in [0.15, 0.2) is 0 Å². The number of hydrogen-bond acceptors (Lipinski definition) is 0. The van der Waals surface area contributed by atoms with Crippen LogP contribution in [0.4, 0.5) is 0 Å². The van der Waals surface area contributed by atoms with Crippen molar-refractivity contribution in [2.24, 2.45) is 0 Å². The largest absolute Gasteiger partial charge is 0.0622 e. The van der Waals surface area contributed by atoms with Crippen LogP contribution in [0.25, 0.3) is 76.5 Å². The van der Waals surface area contributed by atoms with Crippen molar-refractivity contribution in [2.45, 2.75) is 19.3 Å². The second kappa shape index (κ2) is 8.05. The maximum atomic E-state index is 2.44. The lowest BCUT2D eigenvalue weighted by Gasteiger charge is -2.21. The molecule has 41 heavy (non-hydrogen) atoms. The molecule has 0 saturated heterocycles. The van der Waals surface area contributed by atoms with Crippen molar-refractivity contribution in [2.75, 3.05) is 0 Å². The third-order valence-electron chi connectivity index (χ3n) is 9.60. The predicted molar refractivity (Wildman–Crippen MR) is 176 cm³/mol. The van der Waals surface area contributed by atoms with Gasteiger partial charge in [-0.1, -0.05) is 129 Å². The van der Waals surface area contributed by atoms with E-state index in [9.17, 15) is 0 Å². The van der Waals surface area contributed by atoms with Crippen molar-refractivity contribution in [3.63, 3.8) is 0 Å². The van der Waals surface area contributed by atoms with Crippen LogP contribution in [0.15, 0.2) is 133 Å².